The van der Waals surface area contributed by atoms with Crippen molar-refractivity contribution in [1.82, 2.24) is 0 Å². The molecular weight excluding hydrogens is 832 g/mol. The summed E-state index contributed by atoms with van der Waals surface area (Å²) in [5.74, 6) is 1.89. The van der Waals surface area contributed by atoms with E-state index in [1.807, 2.05) is 18.2 Å². The molecule has 1 aliphatic carbocycles. The Hall–Kier alpha value is -4.74. The summed E-state index contributed by atoms with van der Waals surface area (Å²) in [6.07, 6.45) is 12.0. The van der Waals surface area contributed by atoms with Crippen LogP contribution in [0.4, 0.5) is 11.4 Å². The normalized spacial score (nSPS) is 17.8. The van der Waals surface area contributed by atoms with Gasteiger partial charge in [0.1, 0.15) is 18.1 Å². The number of ether oxygens (including phenoxy) is 1. The Labute approximate surface area is 390 Å². The van der Waals surface area contributed by atoms with Crippen LogP contribution in [0.2, 0.25) is 10.0 Å². The molecule has 3 nitrogen and oxygen atoms in total. The Bertz CT molecular complexity index is 2790. The average Bonchev–Trinajstić information content (AvgIpc) is 3.78. The van der Waals surface area contributed by atoms with E-state index in [2.05, 4.69) is 177 Å². The minimum atomic E-state index is -0.124. The van der Waals surface area contributed by atoms with E-state index in [-0.39, 0.29) is 10.8 Å². The number of fused-ring (bicyclic) bond motifs is 2. The van der Waals surface area contributed by atoms with E-state index >= 15 is 0 Å². The molecule has 0 radical (unpaired) electrons. The van der Waals surface area contributed by atoms with Gasteiger partial charge in [0.25, 0.3) is 0 Å². The van der Waals surface area contributed by atoms with Crippen molar-refractivity contribution in [3.63, 3.8) is 0 Å². The molecule has 0 unspecified atom stereocenters. The van der Waals surface area contributed by atoms with Crippen molar-refractivity contribution in [2.24, 2.45) is 0 Å². The number of hydrogen-bond donors (Lipinski definition) is 0. The number of halogens is 2. The van der Waals surface area contributed by atoms with E-state index in [0.717, 1.165) is 76.8 Å². The van der Waals surface area contributed by atoms with Gasteiger partial charge in [0.2, 0.25) is 5.69 Å². The van der Waals surface area contributed by atoms with Gasteiger partial charge < -0.3 is 9.64 Å². The lowest BCUT2D eigenvalue weighted by Crippen LogP contribution is -2.27. The summed E-state index contributed by atoms with van der Waals surface area (Å²) in [5.41, 5.74) is 18.6. The fourth-order valence-electron chi connectivity index (χ4n) is 10.1. The number of thiol groups is 1. The van der Waals surface area contributed by atoms with Gasteiger partial charge in [-0.25, -0.2) is 0 Å². The molecule has 8 rings (SSSR count). The van der Waals surface area contributed by atoms with Crippen molar-refractivity contribution in [1.29, 1.82) is 0 Å². The van der Waals surface area contributed by atoms with Crippen molar-refractivity contribution < 1.29 is 9.31 Å². The predicted molar refractivity (Wildman–Crippen MR) is 271 cm³/mol. The summed E-state index contributed by atoms with van der Waals surface area (Å²) in [6.45, 7) is 26.7. The van der Waals surface area contributed by atoms with Crippen LogP contribution in [-0.4, -0.2) is 23.4 Å². The molecule has 2 heterocycles. The van der Waals surface area contributed by atoms with Gasteiger partial charge in [0.15, 0.2) is 15.5 Å². The van der Waals surface area contributed by atoms with Gasteiger partial charge in [-0.2, -0.15) is 4.58 Å². The molecule has 5 aromatic carbocycles. The van der Waals surface area contributed by atoms with Gasteiger partial charge in [-0.15, -0.1) is 0 Å². The third-order valence-corrected chi connectivity index (χ3v) is 15.2. The van der Waals surface area contributed by atoms with Crippen molar-refractivity contribution >= 4 is 52.1 Å². The van der Waals surface area contributed by atoms with Crippen molar-refractivity contribution in [2.45, 2.75) is 116 Å². The number of rotatable bonds is 11. The maximum absolute atomic E-state index is 7.28. The monoisotopic (exact) mass is 892 g/mol. The summed E-state index contributed by atoms with van der Waals surface area (Å²) < 4.78 is 9.76. The van der Waals surface area contributed by atoms with Gasteiger partial charge in [0.05, 0.1) is 5.41 Å². The minimum Gasteiger partial charge on any atom is -0.456 e. The molecule has 0 amide bonds. The van der Waals surface area contributed by atoms with Crippen LogP contribution >= 0.6 is 23.2 Å². The van der Waals surface area contributed by atoms with Crippen LogP contribution in [-0.2, 0) is 29.0 Å². The first kappa shape index (κ1) is 44.9. The van der Waals surface area contributed by atoms with Crippen molar-refractivity contribution in [2.75, 3.05) is 18.0 Å². The molecule has 6 heteroatoms. The maximum Gasteiger partial charge on any atom is 0.209 e. The zero-order valence-corrected chi connectivity index (χ0v) is 41.3. The summed E-state index contributed by atoms with van der Waals surface area (Å²) in [4.78, 5) is 4.98. The second-order valence-corrected chi connectivity index (χ2v) is 20.8. The molecule has 0 N–H and O–H groups in total. The molecule has 0 fully saturated rings. The predicted octanol–water partition coefficient (Wildman–Crippen LogP) is 15.1. The van der Waals surface area contributed by atoms with Crippen LogP contribution in [0.15, 0.2) is 142 Å². The lowest BCUT2D eigenvalue weighted by molar-refractivity contribution is -0.433. The molecule has 0 aromatic heterocycles. The summed E-state index contributed by atoms with van der Waals surface area (Å²) in [6, 6.07) is 30.7. The molecule has 0 saturated heterocycles. The van der Waals surface area contributed by atoms with Gasteiger partial charge in [-0.05, 0) is 157 Å². The van der Waals surface area contributed by atoms with Gasteiger partial charge in [-0.3, -0.25) is 0 Å². The molecule has 0 spiro atoms. The second kappa shape index (κ2) is 17.7. The van der Waals surface area contributed by atoms with Crippen LogP contribution in [0, 0.1) is 34.6 Å². The lowest BCUT2D eigenvalue weighted by Gasteiger charge is -2.26. The summed E-state index contributed by atoms with van der Waals surface area (Å²) >= 11 is 14.2. The number of aryl methyl sites for hydroxylation is 5. The van der Waals surface area contributed by atoms with Gasteiger partial charge in [0, 0.05) is 92.5 Å². The molecule has 5 aromatic rings. The quantitative estimate of drug-likeness (QED) is 0.0746. The van der Waals surface area contributed by atoms with Crippen LogP contribution in [0.25, 0.3) is 0 Å². The Morgan fingerprint density at radius 1 is 0.730 bits per heavy atom. The highest BCUT2D eigenvalue weighted by molar-refractivity contribution is 7.78. The molecular formula is C57H62Cl2N2OS+2. The fourth-order valence-corrected chi connectivity index (χ4v) is 11.9. The number of nitrogens with zero attached hydrogens (tertiary/aromatic N) is 2. The highest BCUT2D eigenvalue weighted by atomic mass is 35.5. The topological polar surface area (TPSA) is 15.5 Å². The van der Waals surface area contributed by atoms with E-state index in [1.54, 1.807) is 0 Å². The highest BCUT2D eigenvalue weighted by Gasteiger charge is 2.44. The number of benzene rings is 5. The third kappa shape index (κ3) is 8.64. The summed E-state index contributed by atoms with van der Waals surface area (Å²) in [5, 5.41) is 1.50. The highest BCUT2D eigenvalue weighted by Crippen LogP contribution is 2.49. The molecule has 0 bridgehead atoms. The number of allylic oxidation sites excluding steroid dienone is 7. The van der Waals surface area contributed by atoms with Crippen molar-refractivity contribution in [3.8, 4) is 5.75 Å². The van der Waals surface area contributed by atoms with E-state index in [1.165, 1.54) is 82.7 Å². The Kier molecular flexibility index (Phi) is 12.6. The largest absolute Gasteiger partial charge is 0.456 e. The van der Waals surface area contributed by atoms with Crippen LogP contribution < -0.4 is 9.64 Å². The number of anilines is 1. The zero-order valence-electron chi connectivity index (χ0n) is 38.9. The SMILES string of the molecule is CCN1/C(=C/C=C2\CCC(/C=C/C3=[N+](CC)c4ccc(C)cc4C3(C)C)=C2Oc2c(C)cc([SH+]c3c(C)cc(Cl)cc3Cc3cccc(Cl)c3)cc2C)C(C)(C)c2cc(C)ccc21. The van der Waals surface area contributed by atoms with Crippen LogP contribution in [0.1, 0.15) is 104 Å². The number of likely N-dealkylation sites (N-methyl/N-ethyl adjacent to an activating group) is 1. The minimum absolute atomic E-state index is 0.124. The molecule has 63 heavy (non-hydrogen) atoms. The first-order valence-electron chi connectivity index (χ1n) is 22.5. The molecule has 0 atom stereocenters. The number of hydrogen-bond acceptors (Lipinski definition) is 2. The van der Waals surface area contributed by atoms with Crippen LogP contribution in [0.5, 0.6) is 5.75 Å². The summed E-state index contributed by atoms with van der Waals surface area (Å²) in [7, 11) is 0. The van der Waals surface area contributed by atoms with E-state index in [4.69, 9.17) is 27.9 Å². The average molecular weight is 894 g/mol. The first-order valence-corrected chi connectivity index (χ1v) is 24.2. The van der Waals surface area contributed by atoms with Crippen molar-refractivity contribution in [3.05, 3.63) is 192 Å². The first-order chi connectivity index (χ1) is 30.0. The second-order valence-electron chi connectivity index (χ2n) is 18.8. The van der Waals surface area contributed by atoms with E-state index < -0.39 is 0 Å². The Morgan fingerprint density at radius 2 is 1.44 bits per heavy atom. The smallest absolute Gasteiger partial charge is 0.209 e. The standard InChI is InChI=1S/C57H61Cl2N2OS/c1-12-60-49-23-17-35(3)27-47(49)56(8,9)51(60)25-21-41-19-20-42(22-26-52-57(10,11)48-28-36(4)18-24-50(48)61(52)13-2)54(41)62-53-37(5)30-46(31-38(53)6)63-55-39(7)29-45(59)34-43(55)32-40-15-14-16-44(58)33-40/h14-18,21-31,33-34H,12-13,19-20,32H2,1-11H3/q+1/p+1. The molecule has 0 saturated carbocycles. The molecule has 324 valence electrons. The van der Waals surface area contributed by atoms with Gasteiger partial charge in [-0.1, -0.05) is 84.6 Å². The van der Waals surface area contributed by atoms with Gasteiger partial charge >= 0.3 is 0 Å². The Morgan fingerprint density at radius 3 is 2.14 bits per heavy atom. The fraction of sp³-hybridized carbons (Fsp3) is 0.316. The van der Waals surface area contributed by atoms with E-state index in [9.17, 15) is 0 Å². The Balaban J connectivity index is 1.18. The third-order valence-electron chi connectivity index (χ3n) is 13.4. The zero-order chi connectivity index (χ0) is 45.0. The van der Waals surface area contributed by atoms with Crippen LogP contribution in [0.3, 0.4) is 0 Å². The van der Waals surface area contributed by atoms with E-state index in [0.29, 0.717) is 0 Å². The lowest BCUT2D eigenvalue weighted by atomic mass is 9.80. The molecule has 3 aliphatic rings. The molecule has 2 aliphatic heterocycles. The maximum atomic E-state index is 7.28.